The van der Waals surface area contributed by atoms with E-state index in [1.165, 1.54) is 30.6 Å². The van der Waals surface area contributed by atoms with Gasteiger partial charge in [-0.1, -0.05) is 32.6 Å². The number of nitrogens with zero attached hydrogens (tertiary/aromatic N) is 1. The van der Waals surface area contributed by atoms with E-state index in [0.29, 0.717) is 19.5 Å². The van der Waals surface area contributed by atoms with Crippen molar-refractivity contribution in [2.45, 2.75) is 57.9 Å². The molecule has 1 aliphatic heterocycles. The van der Waals surface area contributed by atoms with E-state index in [-0.39, 0.29) is 6.03 Å². The van der Waals surface area contributed by atoms with Crippen LogP contribution in [0.3, 0.4) is 0 Å². The SMILES string of the molecule is CC1CCC(CCNC(=O)N2CCC[C@@H]2C(=O)O)CC1. The summed E-state index contributed by atoms with van der Waals surface area (Å²) in [5, 5.41) is 12.0. The molecule has 2 aliphatic rings. The maximum absolute atomic E-state index is 12.0. The summed E-state index contributed by atoms with van der Waals surface area (Å²) < 4.78 is 0. The summed E-state index contributed by atoms with van der Waals surface area (Å²) in [7, 11) is 0. The Bertz CT molecular complexity index is 351. The number of likely N-dealkylation sites (tertiary alicyclic amines) is 1. The van der Waals surface area contributed by atoms with E-state index in [4.69, 9.17) is 5.11 Å². The van der Waals surface area contributed by atoms with Gasteiger partial charge in [0, 0.05) is 13.1 Å². The Balaban J connectivity index is 1.68. The lowest BCUT2D eigenvalue weighted by Gasteiger charge is -2.27. The van der Waals surface area contributed by atoms with Crippen molar-refractivity contribution in [3.8, 4) is 0 Å². The molecule has 0 aromatic heterocycles. The first-order chi connectivity index (χ1) is 9.58. The first-order valence-corrected chi connectivity index (χ1v) is 7.85. The highest BCUT2D eigenvalue weighted by Gasteiger charge is 2.33. The highest BCUT2D eigenvalue weighted by molar-refractivity contribution is 5.83. The number of aliphatic carboxylic acids is 1. The molecule has 5 nitrogen and oxygen atoms in total. The number of carbonyl (C=O) groups excluding carboxylic acids is 1. The first kappa shape index (κ1) is 15.1. The number of hydrogen-bond donors (Lipinski definition) is 2. The Morgan fingerprint density at radius 2 is 1.90 bits per heavy atom. The summed E-state index contributed by atoms with van der Waals surface area (Å²) in [4.78, 5) is 24.5. The fourth-order valence-electron chi connectivity index (χ4n) is 3.37. The summed E-state index contributed by atoms with van der Waals surface area (Å²) >= 11 is 0. The van der Waals surface area contributed by atoms with Crippen LogP contribution in [-0.2, 0) is 4.79 Å². The number of hydrogen-bond acceptors (Lipinski definition) is 2. The van der Waals surface area contributed by atoms with Crippen LogP contribution in [0.5, 0.6) is 0 Å². The summed E-state index contributed by atoms with van der Waals surface area (Å²) in [6.07, 6.45) is 7.49. The van der Waals surface area contributed by atoms with Gasteiger partial charge >= 0.3 is 12.0 Å². The molecule has 2 fully saturated rings. The molecular weight excluding hydrogens is 256 g/mol. The minimum absolute atomic E-state index is 0.209. The van der Waals surface area contributed by atoms with Crippen molar-refractivity contribution < 1.29 is 14.7 Å². The number of carboxylic acid groups (broad SMARTS) is 1. The molecule has 2 rings (SSSR count). The van der Waals surface area contributed by atoms with Crippen LogP contribution in [0.4, 0.5) is 4.79 Å². The van der Waals surface area contributed by atoms with Crippen LogP contribution in [0.2, 0.25) is 0 Å². The van der Waals surface area contributed by atoms with Gasteiger partial charge < -0.3 is 15.3 Å². The highest BCUT2D eigenvalue weighted by Crippen LogP contribution is 2.30. The molecule has 1 saturated carbocycles. The third kappa shape index (κ3) is 3.87. The van der Waals surface area contributed by atoms with Gasteiger partial charge in [0.2, 0.25) is 0 Å². The molecular formula is C15H26N2O3. The van der Waals surface area contributed by atoms with Gasteiger partial charge in [-0.2, -0.15) is 0 Å². The molecule has 1 aliphatic carbocycles. The predicted molar refractivity (Wildman–Crippen MR) is 76.5 cm³/mol. The number of rotatable bonds is 4. The second kappa shape index (κ2) is 6.95. The van der Waals surface area contributed by atoms with Crippen molar-refractivity contribution in [2.24, 2.45) is 11.8 Å². The molecule has 0 radical (unpaired) electrons. The molecule has 114 valence electrons. The van der Waals surface area contributed by atoms with Crippen molar-refractivity contribution in [2.75, 3.05) is 13.1 Å². The van der Waals surface area contributed by atoms with Crippen LogP contribution >= 0.6 is 0 Å². The molecule has 5 heteroatoms. The van der Waals surface area contributed by atoms with Gasteiger partial charge in [0.15, 0.2) is 0 Å². The highest BCUT2D eigenvalue weighted by atomic mass is 16.4. The van der Waals surface area contributed by atoms with Gasteiger partial charge in [-0.05, 0) is 31.1 Å². The molecule has 1 saturated heterocycles. The Labute approximate surface area is 120 Å². The van der Waals surface area contributed by atoms with E-state index in [0.717, 1.165) is 24.7 Å². The van der Waals surface area contributed by atoms with E-state index >= 15 is 0 Å². The largest absolute Gasteiger partial charge is 0.480 e. The van der Waals surface area contributed by atoms with Gasteiger partial charge in [-0.3, -0.25) is 0 Å². The Morgan fingerprint density at radius 3 is 2.55 bits per heavy atom. The standard InChI is InChI=1S/C15H26N2O3/c1-11-4-6-12(7-5-11)8-9-16-15(20)17-10-2-3-13(17)14(18)19/h11-13H,2-10H2,1H3,(H,16,20)(H,18,19)/t11?,12?,13-/m1/s1. The average Bonchev–Trinajstić information content (AvgIpc) is 2.90. The van der Waals surface area contributed by atoms with Crippen LogP contribution in [0.15, 0.2) is 0 Å². The molecule has 2 amide bonds. The number of urea groups is 1. The summed E-state index contributed by atoms with van der Waals surface area (Å²) in [5.74, 6) is 0.682. The normalized spacial score (nSPS) is 30.2. The zero-order valence-corrected chi connectivity index (χ0v) is 12.3. The van der Waals surface area contributed by atoms with Crippen molar-refractivity contribution >= 4 is 12.0 Å². The van der Waals surface area contributed by atoms with Crippen LogP contribution in [-0.4, -0.2) is 41.1 Å². The van der Waals surface area contributed by atoms with E-state index in [1.807, 2.05) is 0 Å². The van der Waals surface area contributed by atoms with Crippen LogP contribution in [0.25, 0.3) is 0 Å². The Kier molecular flexibility index (Phi) is 5.26. The summed E-state index contributed by atoms with van der Waals surface area (Å²) in [5.41, 5.74) is 0. The van der Waals surface area contributed by atoms with Crippen molar-refractivity contribution in [1.82, 2.24) is 10.2 Å². The van der Waals surface area contributed by atoms with Gasteiger partial charge in [0.1, 0.15) is 6.04 Å². The number of carboxylic acids is 1. The first-order valence-electron chi connectivity index (χ1n) is 7.85. The topological polar surface area (TPSA) is 69.6 Å². The average molecular weight is 282 g/mol. The molecule has 0 unspecified atom stereocenters. The summed E-state index contributed by atoms with van der Waals surface area (Å²) in [6.45, 7) is 3.53. The van der Waals surface area contributed by atoms with E-state index in [2.05, 4.69) is 12.2 Å². The van der Waals surface area contributed by atoms with Gasteiger partial charge in [-0.25, -0.2) is 9.59 Å². The summed E-state index contributed by atoms with van der Waals surface area (Å²) in [6, 6.07) is -0.843. The molecule has 20 heavy (non-hydrogen) atoms. The molecule has 2 N–H and O–H groups in total. The molecule has 0 aromatic rings. The molecule has 0 aromatic carbocycles. The molecule has 0 bridgehead atoms. The fraction of sp³-hybridized carbons (Fsp3) is 0.867. The maximum Gasteiger partial charge on any atom is 0.326 e. The van der Waals surface area contributed by atoms with E-state index < -0.39 is 12.0 Å². The van der Waals surface area contributed by atoms with Gasteiger partial charge in [-0.15, -0.1) is 0 Å². The molecule has 1 atom stereocenters. The van der Waals surface area contributed by atoms with E-state index in [1.54, 1.807) is 0 Å². The minimum atomic E-state index is -0.890. The lowest BCUT2D eigenvalue weighted by atomic mass is 9.81. The third-order valence-electron chi connectivity index (χ3n) is 4.76. The second-order valence-electron chi connectivity index (χ2n) is 6.34. The maximum atomic E-state index is 12.0. The smallest absolute Gasteiger partial charge is 0.326 e. The molecule has 0 spiro atoms. The van der Waals surface area contributed by atoms with E-state index in [9.17, 15) is 9.59 Å². The second-order valence-corrected chi connectivity index (χ2v) is 6.34. The van der Waals surface area contributed by atoms with Crippen molar-refractivity contribution in [3.05, 3.63) is 0 Å². The monoisotopic (exact) mass is 282 g/mol. The number of nitrogens with one attached hydrogen (secondary N) is 1. The zero-order chi connectivity index (χ0) is 14.5. The number of carbonyl (C=O) groups is 2. The number of amides is 2. The van der Waals surface area contributed by atoms with Crippen LogP contribution < -0.4 is 5.32 Å². The van der Waals surface area contributed by atoms with Crippen LogP contribution in [0, 0.1) is 11.8 Å². The zero-order valence-electron chi connectivity index (χ0n) is 12.3. The quantitative estimate of drug-likeness (QED) is 0.832. The Morgan fingerprint density at radius 1 is 1.20 bits per heavy atom. The minimum Gasteiger partial charge on any atom is -0.480 e. The lowest BCUT2D eigenvalue weighted by Crippen LogP contribution is -2.46. The van der Waals surface area contributed by atoms with Crippen LogP contribution in [0.1, 0.15) is 51.9 Å². The van der Waals surface area contributed by atoms with Gasteiger partial charge in [0.25, 0.3) is 0 Å². The Hall–Kier alpha value is -1.26. The lowest BCUT2D eigenvalue weighted by molar-refractivity contribution is -0.141. The molecule has 1 heterocycles. The van der Waals surface area contributed by atoms with Crippen molar-refractivity contribution in [1.29, 1.82) is 0 Å². The predicted octanol–water partition coefficient (Wildman–Crippen LogP) is 2.46. The fourth-order valence-corrected chi connectivity index (χ4v) is 3.37. The van der Waals surface area contributed by atoms with Gasteiger partial charge in [0.05, 0.1) is 0 Å². The van der Waals surface area contributed by atoms with Crippen molar-refractivity contribution in [3.63, 3.8) is 0 Å². The third-order valence-corrected chi connectivity index (χ3v) is 4.76.